The van der Waals surface area contributed by atoms with E-state index in [1.54, 1.807) is 6.07 Å². The second-order valence-corrected chi connectivity index (χ2v) is 7.46. The number of thiophene rings is 1. The van der Waals surface area contributed by atoms with E-state index in [1.165, 1.54) is 18.3 Å². The zero-order valence-corrected chi connectivity index (χ0v) is 16.0. The monoisotopic (exact) mass is 373 g/mol. The van der Waals surface area contributed by atoms with Crippen LogP contribution >= 0.6 is 11.3 Å². The highest BCUT2D eigenvalue weighted by Gasteiger charge is 2.18. The Morgan fingerprint density at radius 1 is 1.04 bits per heavy atom. The lowest BCUT2D eigenvalue weighted by Crippen LogP contribution is -2.35. The van der Waals surface area contributed by atoms with Gasteiger partial charge in [0.25, 0.3) is 5.91 Å². The molecule has 0 radical (unpaired) electrons. The third-order valence-electron chi connectivity index (χ3n) is 3.84. The van der Waals surface area contributed by atoms with Crippen molar-refractivity contribution in [3.8, 4) is 0 Å². The summed E-state index contributed by atoms with van der Waals surface area (Å²) in [5, 5.41) is 2.74. The zero-order chi connectivity index (χ0) is 19.1. The molecule has 1 atom stereocenters. The maximum absolute atomic E-state index is 12.0. The topological polar surface area (TPSA) is 72.5 Å². The van der Waals surface area contributed by atoms with Crippen LogP contribution in [0.4, 0.5) is 0 Å². The zero-order valence-electron chi connectivity index (χ0n) is 15.2. The highest BCUT2D eigenvalue weighted by atomic mass is 32.1. The van der Waals surface area contributed by atoms with Crippen molar-refractivity contribution in [3.05, 3.63) is 57.3 Å². The van der Waals surface area contributed by atoms with E-state index in [0.717, 1.165) is 16.0 Å². The van der Waals surface area contributed by atoms with Gasteiger partial charge in [0, 0.05) is 17.8 Å². The molecule has 0 spiro atoms. The lowest BCUT2D eigenvalue weighted by atomic mass is 10.1. The molecule has 2 rings (SSSR count). The SMILES string of the molecule is Cc1ccc(CNC(=O)[C@@H](C)OC(=O)CCC(=O)c2ccc(C)s2)cc1. The molecule has 0 saturated carbocycles. The summed E-state index contributed by atoms with van der Waals surface area (Å²) >= 11 is 1.41. The van der Waals surface area contributed by atoms with Crippen LogP contribution in [0.1, 0.15) is 45.4 Å². The number of Topliss-reactive ketones (excluding diaryl/α,β-unsaturated/α-hetero) is 1. The molecule has 0 aliphatic rings. The van der Waals surface area contributed by atoms with Gasteiger partial charge in [-0.05, 0) is 38.5 Å². The van der Waals surface area contributed by atoms with E-state index < -0.39 is 12.1 Å². The molecule has 1 N–H and O–H groups in total. The average molecular weight is 373 g/mol. The number of carbonyl (C=O) groups is 3. The summed E-state index contributed by atoms with van der Waals surface area (Å²) in [7, 11) is 0. The molecule has 1 aromatic carbocycles. The molecule has 2 aromatic rings. The number of esters is 1. The van der Waals surface area contributed by atoms with Crippen LogP contribution in [0.2, 0.25) is 0 Å². The Bertz CT molecular complexity index is 779. The van der Waals surface area contributed by atoms with Crippen LogP contribution in [0.15, 0.2) is 36.4 Å². The summed E-state index contributed by atoms with van der Waals surface area (Å²) in [4.78, 5) is 37.6. The van der Waals surface area contributed by atoms with Crippen LogP contribution in [0.3, 0.4) is 0 Å². The first-order valence-electron chi connectivity index (χ1n) is 8.47. The summed E-state index contributed by atoms with van der Waals surface area (Å²) in [6.07, 6.45) is -0.853. The molecular formula is C20H23NO4S. The number of hydrogen-bond donors (Lipinski definition) is 1. The van der Waals surface area contributed by atoms with Gasteiger partial charge in [-0.1, -0.05) is 29.8 Å². The van der Waals surface area contributed by atoms with Crippen molar-refractivity contribution >= 4 is 29.0 Å². The highest BCUT2D eigenvalue weighted by Crippen LogP contribution is 2.17. The van der Waals surface area contributed by atoms with Crippen molar-refractivity contribution in [1.82, 2.24) is 5.32 Å². The minimum Gasteiger partial charge on any atom is -0.453 e. The first kappa shape index (κ1) is 19.8. The number of aryl methyl sites for hydroxylation is 2. The van der Waals surface area contributed by atoms with E-state index in [1.807, 2.05) is 44.2 Å². The fourth-order valence-electron chi connectivity index (χ4n) is 2.27. The lowest BCUT2D eigenvalue weighted by Gasteiger charge is -2.13. The van der Waals surface area contributed by atoms with Crippen LogP contribution in [0, 0.1) is 13.8 Å². The molecule has 1 amide bonds. The first-order chi connectivity index (χ1) is 12.3. The number of ether oxygens (including phenoxy) is 1. The van der Waals surface area contributed by atoms with Crippen LogP contribution in [-0.2, 0) is 20.9 Å². The molecule has 0 aliphatic heterocycles. The molecular weight excluding hydrogens is 350 g/mol. The van der Waals surface area contributed by atoms with Gasteiger partial charge in [0.15, 0.2) is 11.9 Å². The van der Waals surface area contributed by atoms with Gasteiger partial charge in [-0.25, -0.2) is 0 Å². The number of rotatable bonds is 8. The van der Waals surface area contributed by atoms with Gasteiger partial charge in [-0.3, -0.25) is 14.4 Å². The van der Waals surface area contributed by atoms with Crippen molar-refractivity contribution in [1.29, 1.82) is 0 Å². The van der Waals surface area contributed by atoms with Gasteiger partial charge in [-0.15, -0.1) is 11.3 Å². The van der Waals surface area contributed by atoms with Crippen LogP contribution < -0.4 is 5.32 Å². The largest absolute Gasteiger partial charge is 0.453 e. The minimum atomic E-state index is -0.896. The molecule has 1 heterocycles. The Hall–Kier alpha value is -2.47. The van der Waals surface area contributed by atoms with E-state index in [4.69, 9.17) is 4.74 Å². The molecule has 0 saturated heterocycles. The third kappa shape index (κ3) is 6.11. The fraction of sp³-hybridized carbons (Fsp3) is 0.350. The van der Waals surface area contributed by atoms with Gasteiger partial charge in [0.1, 0.15) is 0 Å². The standard InChI is InChI=1S/C20H23NO4S/c1-13-4-7-16(8-5-13)12-21-20(24)15(3)25-19(23)11-9-17(22)18-10-6-14(2)26-18/h4-8,10,15H,9,11-12H2,1-3H3,(H,21,24)/t15-/m1/s1. The summed E-state index contributed by atoms with van der Waals surface area (Å²) in [6, 6.07) is 11.4. The summed E-state index contributed by atoms with van der Waals surface area (Å²) in [6.45, 7) is 5.81. The number of nitrogens with one attached hydrogen (secondary N) is 1. The Balaban J connectivity index is 1.72. The Morgan fingerprint density at radius 3 is 2.35 bits per heavy atom. The molecule has 26 heavy (non-hydrogen) atoms. The molecule has 1 aromatic heterocycles. The molecule has 6 heteroatoms. The van der Waals surface area contributed by atoms with Crippen LogP contribution in [0.5, 0.6) is 0 Å². The van der Waals surface area contributed by atoms with Crippen molar-refractivity contribution in [2.75, 3.05) is 0 Å². The molecule has 5 nitrogen and oxygen atoms in total. The molecule has 0 unspecified atom stereocenters. The first-order valence-corrected chi connectivity index (χ1v) is 9.29. The number of benzene rings is 1. The summed E-state index contributed by atoms with van der Waals surface area (Å²) in [5.41, 5.74) is 2.12. The summed E-state index contributed by atoms with van der Waals surface area (Å²) in [5.74, 6) is -1.000. The molecule has 0 fully saturated rings. The Labute approximate surface area is 157 Å². The quantitative estimate of drug-likeness (QED) is 0.567. The third-order valence-corrected chi connectivity index (χ3v) is 4.88. The van der Waals surface area contributed by atoms with Crippen molar-refractivity contribution < 1.29 is 19.1 Å². The van der Waals surface area contributed by atoms with Crippen LogP contribution in [-0.4, -0.2) is 23.8 Å². The van der Waals surface area contributed by atoms with Gasteiger partial charge >= 0.3 is 5.97 Å². The normalized spacial score (nSPS) is 11.7. The fourth-order valence-corrected chi connectivity index (χ4v) is 3.11. The second-order valence-electron chi connectivity index (χ2n) is 6.17. The predicted octanol–water partition coefficient (Wildman–Crippen LogP) is 3.58. The second kappa shape index (κ2) is 9.29. The van der Waals surface area contributed by atoms with Crippen molar-refractivity contribution in [2.24, 2.45) is 0 Å². The predicted molar refractivity (Wildman–Crippen MR) is 101 cm³/mol. The van der Waals surface area contributed by atoms with E-state index in [0.29, 0.717) is 11.4 Å². The minimum absolute atomic E-state index is 0.0363. The Kier molecular flexibility index (Phi) is 7.09. The number of ketones is 1. The molecule has 0 aliphatic carbocycles. The maximum atomic E-state index is 12.0. The average Bonchev–Trinajstić information content (AvgIpc) is 3.05. The number of amides is 1. The van der Waals surface area contributed by atoms with E-state index >= 15 is 0 Å². The van der Waals surface area contributed by atoms with E-state index in [-0.39, 0.29) is 24.5 Å². The summed E-state index contributed by atoms with van der Waals surface area (Å²) < 4.78 is 5.11. The number of carbonyl (C=O) groups excluding carboxylic acids is 3. The molecule has 138 valence electrons. The molecule has 0 bridgehead atoms. The maximum Gasteiger partial charge on any atom is 0.307 e. The van der Waals surface area contributed by atoms with E-state index in [9.17, 15) is 14.4 Å². The van der Waals surface area contributed by atoms with E-state index in [2.05, 4.69) is 5.32 Å². The van der Waals surface area contributed by atoms with Gasteiger partial charge in [0.05, 0.1) is 11.3 Å². The van der Waals surface area contributed by atoms with Crippen molar-refractivity contribution in [2.45, 2.75) is 46.3 Å². The smallest absolute Gasteiger partial charge is 0.307 e. The lowest BCUT2D eigenvalue weighted by molar-refractivity contribution is -0.154. The van der Waals surface area contributed by atoms with Gasteiger partial charge in [-0.2, -0.15) is 0 Å². The van der Waals surface area contributed by atoms with Crippen LogP contribution in [0.25, 0.3) is 0 Å². The van der Waals surface area contributed by atoms with Gasteiger partial charge in [0.2, 0.25) is 0 Å². The van der Waals surface area contributed by atoms with Crippen molar-refractivity contribution in [3.63, 3.8) is 0 Å². The Morgan fingerprint density at radius 2 is 1.73 bits per heavy atom. The number of hydrogen-bond acceptors (Lipinski definition) is 5. The highest BCUT2D eigenvalue weighted by molar-refractivity contribution is 7.14. The van der Waals surface area contributed by atoms with Gasteiger partial charge < -0.3 is 10.1 Å².